The zero-order valence-corrected chi connectivity index (χ0v) is 11.9. The first-order chi connectivity index (χ1) is 8.56. The summed E-state index contributed by atoms with van der Waals surface area (Å²) in [6.07, 6.45) is 2.00. The molecular formula is C16H25NO. The van der Waals surface area contributed by atoms with E-state index in [1.165, 1.54) is 5.56 Å². The lowest BCUT2D eigenvalue weighted by molar-refractivity contribution is -0.125. The number of amides is 1. The highest BCUT2D eigenvalue weighted by atomic mass is 16.1. The largest absolute Gasteiger partial charge is 0.349 e. The number of rotatable bonds is 6. The fourth-order valence-corrected chi connectivity index (χ4v) is 2.15. The highest BCUT2D eigenvalue weighted by Gasteiger charge is 2.20. The van der Waals surface area contributed by atoms with Gasteiger partial charge in [0.15, 0.2) is 0 Å². The molecule has 1 aromatic carbocycles. The van der Waals surface area contributed by atoms with E-state index in [0.29, 0.717) is 5.92 Å². The summed E-state index contributed by atoms with van der Waals surface area (Å²) < 4.78 is 0. The Balaban J connectivity index is 2.73. The molecule has 2 heteroatoms. The summed E-state index contributed by atoms with van der Waals surface area (Å²) in [4.78, 5) is 12.1. The van der Waals surface area contributed by atoms with Gasteiger partial charge in [-0.2, -0.15) is 0 Å². The summed E-state index contributed by atoms with van der Waals surface area (Å²) >= 11 is 0. The van der Waals surface area contributed by atoms with Crippen LogP contribution in [-0.2, 0) is 4.79 Å². The number of carbonyl (C=O) groups excluding carboxylic acids is 1. The molecule has 0 fully saturated rings. The van der Waals surface area contributed by atoms with E-state index in [1.807, 2.05) is 25.1 Å². The van der Waals surface area contributed by atoms with Gasteiger partial charge in [0.1, 0.15) is 0 Å². The summed E-state index contributed by atoms with van der Waals surface area (Å²) in [5.41, 5.74) is 1.18. The van der Waals surface area contributed by atoms with E-state index >= 15 is 0 Å². The Labute approximate surface area is 111 Å². The van der Waals surface area contributed by atoms with Crippen LogP contribution in [0.3, 0.4) is 0 Å². The van der Waals surface area contributed by atoms with Crippen molar-refractivity contribution in [3.63, 3.8) is 0 Å². The Kier molecular flexibility index (Phi) is 5.90. The number of hydrogen-bond acceptors (Lipinski definition) is 1. The van der Waals surface area contributed by atoms with Crippen molar-refractivity contribution in [1.29, 1.82) is 0 Å². The second-order valence-corrected chi connectivity index (χ2v) is 5.33. The Morgan fingerprint density at radius 3 is 2.28 bits per heavy atom. The predicted molar refractivity (Wildman–Crippen MR) is 76.2 cm³/mol. The van der Waals surface area contributed by atoms with E-state index in [4.69, 9.17) is 0 Å². The molecule has 2 unspecified atom stereocenters. The van der Waals surface area contributed by atoms with Crippen LogP contribution in [0, 0.1) is 11.8 Å². The Bertz CT molecular complexity index is 359. The summed E-state index contributed by atoms with van der Waals surface area (Å²) in [7, 11) is 0. The molecule has 0 bridgehead atoms. The molecule has 2 nitrogen and oxygen atoms in total. The van der Waals surface area contributed by atoms with Crippen LogP contribution in [-0.4, -0.2) is 5.91 Å². The van der Waals surface area contributed by atoms with Gasteiger partial charge in [-0.15, -0.1) is 0 Å². The van der Waals surface area contributed by atoms with Crippen molar-refractivity contribution >= 4 is 5.91 Å². The lowest BCUT2D eigenvalue weighted by Crippen LogP contribution is -2.35. The third-order valence-electron chi connectivity index (χ3n) is 3.29. The second-order valence-electron chi connectivity index (χ2n) is 5.33. The van der Waals surface area contributed by atoms with Crippen molar-refractivity contribution < 1.29 is 4.79 Å². The monoisotopic (exact) mass is 247 g/mol. The maximum atomic E-state index is 12.1. The average Bonchev–Trinajstić information content (AvgIpc) is 2.36. The standard InChI is InChI=1S/C16H25NO/c1-5-9-13(4)16(18)17-15(12(2)3)14-10-7-6-8-11-14/h6-8,10-13,15H,5,9H2,1-4H3,(H,17,18). The van der Waals surface area contributed by atoms with Crippen molar-refractivity contribution in [2.75, 3.05) is 0 Å². The van der Waals surface area contributed by atoms with Gasteiger partial charge < -0.3 is 5.32 Å². The third kappa shape index (κ3) is 4.17. The minimum atomic E-state index is 0.0972. The molecule has 0 aromatic heterocycles. The number of carbonyl (C=O) groups is 1. The van der Waals surface area contributed by atoms with Crippen molar-refractivity contribution in [2.24, 2.45) is 11.8 Å². The molecule has 1 N–H and O–H groups in total. The number of benzene rings is 1. The zero-order valence-electron chi connectivity index (χ0n) is 11.9. The van der Waals surface area contributed by atoms with Crippen LogP contribution in [0.2, 0.25) is 0 Å². The molecule has 1 aromatic rings. The van der Waals surface area contributed by atoms with Crippen LogP contribution < -0.4 is 5.32 Å². The SMILES string of the molecule is CCCC(C)C(=O)NC(c1ccccc1)C(C)C. The molecule has 1 amide bonds. The quantitative estimate of drug-likeness (QED) is 0.810. The van der Waals surface area contributed by atoms with Crippen LogP contribution >= 0.6 is 0 Å². The van der Waals surface area contributed by atoms with Gasteiger partial charge in [-0.1, -0.05) is 64.4 Å². The molecule has 0 aliphatic heterocycles. The van der Waals surface area contributed by atoms with E-state index in [-0.39, 0.29) is 17.9 Å². The first-order valence-electron chi connectivity index (χ1n) is 6.91. The van der Waals surface area contributed by atoms with Crippen molar-refractivity contribution in [1.82, 2.24) is 5.32 Å². The molecule has 2 atom stereocenters. The van der Waals surface area contributed by atoms with E-state index in [9.17, 15) is 4.79 Å². The summed E-state index contributed by atoms with van der Waals surface area (Å²) in [6.45, 7) is 8.40. The first-order valence-corrected chi connectivity index (χ1v) is 6.91. The van der Waals surface area contributed by atoms with Gasteiger partial charge >= 0.3 is 0 Å². The van der Waals surface area contributed by atoms with E-state index in [0.717, 1.165) is 12.8 Å². The number of hydrogen-bond donors (Lipinski definition) is 1. The molecule has 0 aliphatic carbocycles. The van der Waals surface area contributed by atoms with E-state index in [1.54, 1.807) is 0 Å². The minimum absolute atomic E-state index is 0.0972. The lowest BCUT2D eigenvalue weighted by Gasteiger charge is -2.24. The highest BCUT2D eigenvalue weighted by molar-refractivity contribution is 5.78. The Morgan fingerprint density at radius 2 is 1.78 bits per heavy atom. The molecule has 0 saturated carbocycles. The molecule has 1 rings (SSSR count). The van der Waals surface area contributed by atoms with E-state index in [2.05, 4.69) is 38.2 Å². The fraction of sp³-hybridized carbons (Fsp3) is 0.562. The highest BCUT2D eigenvalue weighted by Crippen LogP contribution is 2.22. The van der Waals surface area contributed by atoms with Gasteiger partial charge in [0.25, 0.3) is 0 Å². The van der Waals surface area contributed by atoms with Gasteiger partial charge in [0, 0.05) is 5.92 Å². The Morgan fingerprint density at radius 1 is 1.17 bits per heavy atom. The second kappa shape index (κ2) is 7.20. The van der Waals surface area contributed by atoms with Gasteiger partial charge in [-0.25, -0.2) is 0 Å². The molecule has 0 radical (unpaired) electrons. The molecular weight excluding hydrogens is 222 g/mol. The maximum absolute atomic E-state index is 12.1. The molecule has 0 aliphatic rings. The molecule has 0 heterocycles. The molecule has 0 saturated heterocycles. The van der Waals surface area contributed by atoms with Crippen LogP contribution in [0.1, 0.15) is 52.1 Å². The smallest absolute Gasteiger partial charge is 0.223 e. The van der Waals surface area contributed by atoms with Gasteiger partial charge in [-0.3, -0.25) is 4.79 Å². The predicted octanol–water partition coefficient (Wildman–Crippen LogP) is 3.94. The van der Waals surface area contributed by atoms with Gasteiger partial charge in [0.05, 0.1) is 6.04 Å². The normalized spacial score (nSPS) is 14.3. The Hall–Kier alpha value is -1.31. The zero-order chi connectivity index (χ0) is 13.5. The van der Waals surface area contributed by atoms with Crippen LogP contribution in [0.4, 0.5) is 0 Å². The molecule has 0 spiro atoms. The van der Waals surface area contributed by atoms with Crippen LogP contribution in [0.5, 0.6) is 0 Å². The van der Waals surface area contributed by atoms with Gasteiger partial charge in [0.2, 0.25) is 5.91 Å². The molecule has 18 heavy (non-hydrogen) atoms. The van der Waals surface area contributed by atoms with Gasteiger partial charge in [-0.05, 0) is 17.9 Å². The third-order valence-corrected chi connectivity index (χ3v) is 3.29. The average molecular weight is 247 g/mol. The fourth-order valence-electron chi connectivity index (χ4n) is 2.15. The minimum Gasteiger partial charge on any atom is -0.349 e. The summed E-state index contributed by atoms with van der Waals surface area (Å²) in [5.74, 6) is 0.657. The van der Waals surface area contributed by atoms with E-state index < -0.39 is 0 Å². The number of nitrogens with one attached hydrogen (secondary N) is 1. The first kappa shape index (κ1) is 14.7. The molecule has 100 valence electrons. The van der Waals surface area contributed by atoms with Crippen molar-refractivity contribution in [3.05, 3.63) is 35.9 Å². The lowest BCUT2D eigenvalue weighted by atomic mass is 9.95. The summed E-state index contributed by atoms with van der Waals surface area (Å²) in [6, 6.07) is 10.3. The van der Waals surface area contributed by atoms with Crippen LogP contribution in [0.15, 0.2) is 30.3 Å². The van der Waals surface area contributed by atoms with Crippen LogP contribution in [0.25, 0.3) is 0 Å². The van der Waals surface area contributed by atoms with Crippen molar-refractivity contribution in [3.8, 4) is 0 Å². The topological polar surface area (TPSA) is 29.1 Å². The van der Waals surface area contributed by atoms with Crippen molar-refractivity contribution in [2.45, 2.75) is 46.6 Å². The summed E-state index contributed by atoms with van der Waals surface area (Å²) in [5, 5.41) is 3.18. The maximum Gasteiger partial charge on any atom is 0.223 e.